The molecule has 30 heavy (non-hydrogen) atoms. The molecule has 0 aliphatic carbocycles. The van der Waals surface area contributed by atoms with Crippen molar-refractivity contribution in [3.63, 3.8) is 0 Å². The number of ether oxygens (including phenoxy) is 1. The molecule has 2 fully saturated rings. The van der Waals surface area contributed by atoms with Crippen LogP contribution in [0.15, 0.2) is 36.7 Å². The van der Waals surface area contributed by atoms with Gasteiger partial charge in [-0.25, -0.2) is 0 Å². The maximum Gasteiger partial charge on any atom is 0.246 e. The molecule has 2 aromatic rings. The van der Waals surface area contributed by atoms with Gasteiger partial charge in [0.25, 0.3) is 0 Å². The summed E-state index contributed by atoms with van der Waals surface area (Å²) in [5.41, 5.74) is 1.30. The number of hydrogen-bond acceptors (Lipinski definition) is 5. The third-order valence-corrected chi connectivity index (χ3v) is 5.64. The second kappa shape index (κ2) is 9.95. The molecule has 2 bridgehead atoms. The lowest BCUT2D eigenvalue weighted by Crippen LogP contribution is -2.39. The summed E-state index contributed by atoms with van der Waals surface area (Å²) in [6, 6.07) is 8.28. The number of nitrogens with one attached hydrogen (secondary N) is 3. The molecular weight excluding hydrogens is 406 g/mol. The number of amides is 2. The second-order valence-corrected chi connectivity index (χ2v) is 7.93. The van der Waals surface area contributed by atoms with E-state index in [0.717, 1.165) is 18.6 Å². The lowest BCUT2D eigenvalue weighted by Gasteiger charge is -2.28. The number of benzene rings is 1. The first-order valence-electron chi connectivity index (χ1n) is 10.1. The van der Waals surface area contributed by atoms with Gasteiger partial charge in [0.1, 0.15) is 12.3 Å². The molecule has 0 radical (unpaired) electrons. The zero-order chi connectivity index (χ0) is 20.2. The minimum atomic E-state index is -0.193. The molecule has 2 unspecified atom stereocenters. The van der Waals surface area contributed by atoms with Gasteiger partial charge in [-0.2, -0.15) is 5.10 Å². The predicted octanol–water partition coefficient (Wildman–Crippen LogP) is 2.81. The summed E-state index contributed by atoms with van der Waals surface area (Å²) in [6.45, 7) is 0.0690. The molecule has 2 atom stereocenters. The van der Waals surface area contributed by atoms with E-state index in [-0.39, 0.29) is 30.8 Å². The Kier molecular flexibility index (Phi) is 7.33. The molecule has 162 valence electrons. The molecule has 0 spiro atoms. The first-order valence-corrected chi connectivity index (χ1v) is 10.1. The number of halogens is 1. The summed E-state index contributed by atoms with van der Waals surface area (Å²) in [6.07, 6.45) is 8.41. The third kappa shape index (κ3) is 5.73. The molecular formula is C21H28ClN5O3. The standard InChI is InChI=1S/C21H27N5O3.ClH/c1-29-19-6-4-15(5-7-19)24-21(28)13-26-12-18(11-22-26)25-20(27)10-14-8-16-2-3-17(9-14)23-16;/h4-7,11-12,14,16-17,23H,2-3,8-10,13H2,1H3,(H,24,28)(H,25,27);1H. The van der Waals surface area contributed by atoms with Gasteiger partial charge < -0.3 is 20.7 Å². The van der Waals surface area contributed by atoms with E-state index < -0.39 is 0 Å². The topological polar surface area (TPSA) is 97.3 Å². The molecule has 1 aromatic carbocycles. The van der Waals surface area contributed by atoms with Crippen molar-refractivity contribution in [3.05, 3.63) is 36.7 Å². The predicted molar refractivity (Wildman–Crippen MR) is 117 cm³/mol. The Morgan fingerprint density at radius 2 is 1.77 bits per heavy atom. The number of anilines is 2. The molecule has 2 saturated heterocycles. The summed E-state index contributed by atoms with van der Waals surface area (Å²) in [5, 5.41) is 13.5. The van der Waals surface area contributed by atoms with Crippen LogP contribution in [0.2, 0.25) is 0 Å². The minimum Gasteiger partial charge on any atom is -0.497 e. The zero-order valence-corrected chi connectivity index (χ0v) is 17.8. The van der Waals surface area contributed by atoms with Crippen molar-refractivity contribution in [3.8, 4) is 5.75 Å². The Balaban J connectivity index is 0.00000256. The highest BCUT2D eigenvalue weighted by Gasteiger charge is 2.34. The van der Waals surface area contributed by atoms with Gasteiger partial charge in [-0.1, -0.05) is 0 Å². The zero-order valence-electron chi connectivity index (χ0n) is 17.0. The average Bonchev–Trinajstić information content (AvgIpc) is 3.27. The summed E-state index contributed by atoms with van der Waals surface area (Å²) in [4.78, 5) is 24.6. The maximum atomic E-state index is 12.4. The van der Waals surface area contributed by atoms with Gasteiger partial charge in [0.2, 0.25) is 11.8 Å². The second-order valence-electron chi connectivity index (χ2n) is 7.93. The Morgan fingerprint density at radius 1 is 1.10 bits per heavy atom. The van der Waals surface area contributed by atoms with Crippen molar-refractivity contribution in [2.24, 2.45) is 5.92 Å². The van der Waals surface area contributed by atoms with Crippen LogP contribution in [0.5, 0.6) is 5.75 Å². The number of fused-ring (bicyclic) bond motifs is 2. The van der Waals surface area contributed by atoms with Crippen LogP contribution in [0.4, 0.5) is 11.4 Å². The molecule has 2 aliphatic heterocycles. The van der Waals surface area contributed by atoms with E-state index in [4.69, 9.17) is 4.74 Å². The number of methoxy groups -OCH3 is 1. The van der Waals surface area contributed by atoms with Crippen LogP contribution in [0.1, 0.15) is 32.1 Å². The number of carbonyl (C=O) groups is 2. The average molecular weight is 434 g/mol. The van der Waals surface area contributed by atoms with Crippen LogP contribution >= 0.6 is 12.4 Å². The van der Waals surface area contributed by atoms with Crippen molar-refractivity contribution < 1.29 is 14.3 Å². The molecule has 4 rings (SSSR count). The number of hydrogen-bond donors (Lipinski definition) is 3. The van der Waals surface area contributed by atoms with Crippen molar-refractivity contribution in [2.45, 2.75) is 50.7 Å². The van der Waals surface area contributed by atoms with Gasteiger partial charge in [-0.15, -0.1) is 12.4 Å². The molecule has 3 heterocycles. The Labute approximate surface area is 182 Å². The molecule has 2 aliphatic rings. The van der Waals surface area contributed by atoms with E-state index in [9.17, 15) is 9.59 Å². The fourth-order valence-corrected chi connectivity index (χ4v) is 4.35. The fourth-order valence-electron chi connectivity index (χ4n) is 4.35. The molecule has 0 saturated carbocycles. The van der Waals surface area contributed by atoms with Crippen LogP contribution in [0.3, 0.4) is 0 Å². The van der Waals surface area contributed by atoms with Crippen LogP contribution in [0, 0.1) is 5.92 Å². The molecule has 2 amide bonds. The van der Waals surface area contributed by atoms with Gasteiger partial charge in [-0.3, -0.25) is 14.3 Å². The number of nitrogens with zero attached hydrogens (tertiary/aromatic N) is 2. The third-order valence-electron chi connectivity index (χ3n) is 5.64. The van der Waals surface area contributed by atoms with Gasteiger partial charge in [0.05, 0.1) is 19.0 Å². The Bertz CT molecular complexity index is 858. The van der Waals surface area contributed by atoms with E-state index in [1.54, 1.807) is 43.8 Å². The van der Waals surface area contributed by atoms with E-state index in [1.807, 2.05) is 0 Å². The van der Waals surface area contributed by atoms with Crippen molar-refractivity contribution in [2.75, 3.05) is 17.7 Å². The van der Waals surface area contributed by atoms with E-state index in [2.05, 4.69) is 21.0 Å². The highest BCUT2D eigenvalue weighted by atomic mass is 35.5. The van der Waals surface area contributed by atoms with Crippen LogP contribution < -0.4 is 20.7 Å². The van der Waals surface area contributed by atoms with Crippen LogP contribution in [-0.4, -0.2) is 40.8 Å². The number of rotatable bonds is 7. The lowest BCUT2D eigenvalue weighted by atomic mass is 9.89. The maximum absolute atomic E-state index is 12.4. The fraction of sp³-hybridized carbons (Fsp3) is 0.476. The number of aromatic nitrogens is 2. The summed E-state index contributed by atoms with van der Waals surface area (Å²) < 4.78 is 6.61. The molecule has 8 nitrogen and oxygen atoms in total. The normalized spacial score (nSPS) is 22.1. The molecule has 1 aromatic heterocycles. The number of piperidine rings is 1. The van der Waals surface area contributed by atoms with Crippen molar-refractivity contribution in [1.82, 2.24) is 15.1 Å². The van der Waals surface area contributed by atoms with Gasteiger partial charge in [0, 0.05) is 30.4 Å². The van der Waals surface area contributed by atoms with Gasteiger partial charge >= 0.3 is 0 Å². The van der Waals surface area contributed by atoms with Gasteiger partial charge in [-0.05, 0) is 55.9 Å². The summed E-state index contributed by atoms with van der Waals surface area (Å²) in [7, 11) is 1.60. The van der Waals surface area contributed by atoms with E-state index >= 15 is 0 Å². The first kappa shape index (κ1) is 22.1. The Hall–Kier alpha value is -2.58. The van der Waals surface area contributed by atoms with Gasteiger partial charge in [0.15, 0.2) is 0 Å². The molecule has 9 heteroatoms. The number of carbonyl (C=O) groups excluding carboxylic acids is 2. The lowest BCUT2D eigenvalue weighted by molar-refractivity contribution is -0.117. The Morgan fingerprint density at radius 3 is 2.43 bits per heavy atom. The quantitative estimate of drug-likeness (QED) is 0.623. The monoisotopic (exact) mass is 433 g/mol. The van der Waals surface area contributed by atoms with E-state index in [0.29, 0.717) is 35.8 Å². The highest BCUT2D eigenvalue weighted by molar-refractivity contribution is 5.91. The van der Waals surface area contributed by atoms with Crippen molar-refractivity contribution >= 4 is 35.6 Å². The SMILES string of the molecule is COc1ccc(NC(=O)Cn2cc(NC(=O)CC3CC4CCC(C3)N4)cn2)cc1.Cl. The summed E-state index contributed by atoms with van der Waals surface area (Å²) >= 11 is 0. The summed E-state index contributed by atoms with van der Waals surface area (Å²) in [5.74, 6) is 0.992. The van der Waals surface area contributed by atoms with Crippen molar-refractivity contribution in [1.29, 1.82) is 0 Å². The highest BCUT2D eigenvalue weighted by Crippen LogP contribution is 2.32. The molecule has 3 N–H and O–H groups in total. The largest absolute Gasteiger partial charge is 0.497 e. The first-order chi connectivity index (χ1) is 14.1. The smallest absolute Gasteiger partial charge is 0.246 e. The minimum absolute atomic E-state index is 0. The van der Waals surface area contributed by atoms with E-state index in [1.165, 1.54) is 17.5 Å². The van der Waals surface area contributed by atoms with Crippen LogP contribution in [-0.2, 0) is 16.1 Å². The van der Waals surface area contributed by atoms with Crippen LogP contribution in [0.25, 0.3) is 0 Å².